The molecule has 0 amide bonds. The molecule has 0 atom stereocenters. The van der Waals surface area contributed by atoms with Gasteiger partial charge in [-0.3, -0.25) is 0 Å². The molecule has 0 rings (SSSR count). The van der Waals surface area contributed by atoms with Gasteiger partial charge in [-0.25, -0.2) is 0 Å². The summed E-state index contributed by atoms with van der Waals surface area (Å²) in [5.41, 5.74) is -5.42. The summed E-state index contributed by atoms with van der Waals surface area (Å²) in [6.45, 7) is 0. The third-order valence-electron chi connectivity index (χ3n) is 0.305. The van der Waals surface area contributed by atoms with E-state index < -0.39 is 15.6 Å². The van der Waals surface area contributed by atoms with Crippen LogP contribution in [0.15, 0.2) is 0 Å². The average Bonchev–Trinajstić information content (AvgIpc) is 1.25. The summed E-state index contributed by atoms with van der Waals surface area (Å²) in [7, 11) is -5.59. The Morgan fingerprint density at radius 1 is 0.857 bits per heavy atom. The molecular weight excluding hydrogens is 409 g/mol. The van der Waals surface area contributed by atoms with E-state index >= 15 is 0 Å². The normalized spacial score (nSPS) is 8.00. The molecule has 0 aromatic rings. The molecule has 0 heterocycles. The van der Waals surface area contributed by atoms with Gasteiger partial charge in [0.2, 0.25) is 0 Å². The van der Waals surface area contributed by atoms with E-state index in [2.05, 4.69) is 0 Å². The molecule has 0 spiro atoms. The molecular formula is CH12F3N5O3OsS+4. The molecule has 12 N–H and O–H groups in total. The Morgan fingerprint density at radius 2 is 0.929 bits per heavy atom. The van der Waals surface area contributed by atoms with Crippen LogP contribution in [0.1, 0.15) is 0 Å². The minimum absolute atomic E-state index is 0. The number of rotatable bonds is 0. The maximum absolute atomic E-state index is 10.8. The Morgan fingerprint density at radius 3 is 0.929 bits per heavy atom. The Bertz CT molecular complexity index is 181. The quantitative estimate of drug-likeness (QED) is 0.424. The van der Waals surface area contributed by atoms with Crippen molar-refractivity contribution in [2.24, 2.45) is 0 Å². The average molecular weight is 421 g/mol. The molecule has 0 unspecified atom stereocenters. The Hall–Kier alpha value is 0.136. The van der Waals surface area contributed by atoms with Crippen molar-refractivity contribution in [3.63, 3.8) is 0 Å². The topological polar surface area (TPSA) is 225 Å². The number of hydrogen-bond acceptors (Lipinski definition) is 2. The second-order valence-electron chi connectivity index (χ2n) is 0.949. The molecule has 14 heavy (non-hydrogen) atoms. The van der Waals surface area contributed by atoms with E-state index in [1.165, 1.54) is 0 Å². The molecule has 0 bridgehead atoms. The van der Waals surface area contributed by atoms with Crippen molar-refractivity contribution in [3.8, 4) is 0 Å². The van der Waals surface area contributed by atoms with E-state index in [0.717, 1.165) is 0 Å². The van der Waals surface area contributed by atoms with Crippen LogP contribution in [0.2, 0.25) is 0 Å². The summed E-state index contributed by atoms with van der Waals surface area (Å²) < 4.78 is 56.2. The predicted octanol–water partition coefficient (Wildman–Crippen LogP) is 3.14. The molecule has 13 heteroatoms. The third-order valence-corrected chi connectivity index (χ3v) is 0.914. The van der Waals surface area contributed by atoms with E-state index in [9.17, 15) is 21.6 Å². The number of alkyl halides is 3. The van der Waals surface area contributed by atoms with E-state index in [4.69, 9.17) is 4.55 Å². The van der Waals surface area contributed by atoms with Gasteiger partial charge >= 0.3 is 35.4 Å². The van der Waals surface area contributed by atoms with Gasteiger partial charge in [-0.2, -0.15) is 13.2 Å². The van der Waals surface area contributed by atoms with Crippen molar-refractivity contribution >= 4 is 10.1 Å². The summed E-state index contributed by atoms with van der Waals surface area (Å²) in [6, 6.07) is 0. The minimum Gasteiger partial charge on any atom is -0.693 e. The molecule has 0 fully saturated rings. The largest absolute Gasteiger partial charge is 8.00 e. The fourth-order valence-electron chi connectivity index (χ4n) is 0. The van der Waals surface area contributed by atoms with Crippen molar-refractivity contribution in [3.05, 3.63) is 30.8 Å². The van der Waals surface area contributed by atoms with Gasteiger partial charge in [-0.15, -0.1) is 8.42 Å². The van der Waals surface area contributed by atoms with Crippen LogP contribution in [0.5, 0.6) is 0 Å². The first-order valence-corrected chi connectivity index (χ1v) is 2.79. The van der Waals surface area contributed by atoms with Crippen LogP contribution in [-0.4, -0.2) is 18.5 Å². The summed E-state index contributed by atoms with van der Waals surface area (Å²) >= 11 is 0. The van der Waals surface area contributed by atoms with Gasteiger partial charge in [-0.1, -0.05) is 0 Å². The molecule has 0 aromatic carbocycles. The monoisotopic (exact) mass is 423 g/mol. The molecule has 0 aromatic heterocycles. The Labute approximate surface area is 92.7 Å². The van der Waals surface area contributed by atoms with E-state index in [1.807, 2.05) is 0 Å². The predicted molar refractivity (Wildman–Crippen MR) is 45.0 cm³/mol. The van der Waals surface area contributed by atoms with Crippen LogP contribution in [0, 0.1) is 0 Å². The summed E-state index contributed by atoms with van der Waals surface area (Å²) in [6.07, 6.45) is 0. The SMILES string of the molecule is O=S(=O)([OH2+])C(F)(F)F.[NH2-].[NH2-].[NH2-].[NH2-].[NH2-].[Os+8]. The molecule has 0 aliphatic carbocycles. The van der Waals surface area contributed by atoms with Gasteiger partial charge in [0.25, 0.3) is 0 Å². The van der Waals surface area contributed by atoms with Gasteiger partial charge in [0.15, 0.2) is 0 Å². The van der Waals surface area contributed by atoms with Crippen molar-refractivity contribution in [2.75, 3.05) is 0 Å². The molecule has 90 valence electrons. The molecule has 0 saturated heterocycles. The maximum atomic E-state index is 10.8. The van der Waals surface area contributed by atoms with Gasteiger partial charge in [-0.05, 0) is 0 Å². The molecule has 0 saturated carbocycles. The fourth-order valence-corrected chi connectivity index (χ4v) is 0. The van der Waals surface area contributed by atoms with Crippen molar-refractivity contribution in [1.29, 1.82) is 0 Å². The maximum Gasteiger partial charge on any atom is 8.00 e. The van der Waals surface area contributed by atoms with Gasteiger partial charge in [0.05, 0.1) is 0 Å². The third kappa shape index (κ3) is 18.0. The molecule has 0 aliphatic rings. The van der Waals surface area contributed by atoms with Crippen LogP contribution in [0.3, 0.4) is 0 Å². The van der Waals surface area contributed by atoms with Crippen LogP contribution in [-0.2, 0) is 29.9 Å². The zero-order valence-corrected chi connectivity index (χ0v) is 9.96. The second kappa shape index (κ2) is 13.1. The van der Waals surface area contributed by atoms with Gasteiger partial charge in [0.1, 0.15) is 0 Å². The summed E-state index contributed by atoms with van der Waals surface area (Å²) in [5, 5.41) is 0. The second-order valence-corrected chi connectivity index (χ2v) is 2.42. The molecule has 0 aliphatic heterocycles. The number of hydrogen-bond donors (Lipinski definition) is 0. The van der Waals surface area contributed by atoms with Crippen molar-refractivity contribution in [2.45, 2.75) is 5.51 Å². The van der Waals surface area contributed by atoms with Crippen molar-refractivity contribution < 1.29 is 45.9 Å². The van der Waals surface area contributed by atoms with E-state index in [0.29, 0.717) is 0 Å². The molecule has 0 radical (unpaired) electrons. The Kier molecular flexibility index (Phi) is 44.9. The van der Waals surface area contributed by atoms with Gasteiger partial charge < -0.3 is 35.3 Å². The smallest absolute Gasteiger partial charge is 0.693 e. The standard InChI is InChI=1S/CHF3O3S.5H2N.Os/c2-1(3,4)8(5,6)7;;;;;;/h(H,5,6,7);5*1H2;/q;5*-1;+8/p+1. The van der Waals surface area contributed by atoms with E-state index in [-0.39, 0.29) is 50.5 Å². The zero-order valence-electron chi connectivity index (χ0n) is 6.60. The van der Waals surface area contributed by atoms with Crippen LogP contribution in [0.25, 0.3) is 30.8 Å². The summed E-state index contributed by atoms with van der Waals surface area (Å²) in [4.78, 5) is 0. The number of halogens is 3. The fraction of sp³-hybridized carbons (Fsp3) is 1.00. The summed E-state index contributed by atoms with van der Waals surface area (Å²) in [5.74, 6) is 0. The van der Waals surface area contributed by atoms with Crippen LogP contribution >= 0.6 is 0 Å². The number of nitrogens with two attached hydrogens (primary N) is 5. The first kappa shape index (κ1) is 47.9. The van der Waals surface area contributed by atoms with Crippen molar-refractivity contribution in [1.82, 2.24) is 0 Å². The van der Waals surface area contributed by atoms with Crippen LogP contribution in [0.4, 0.5) is 13.2 Å². The first-order valence-electron chi connectivity index (χ1n) is 1.31. The molecule has 8 nitrogen and oxygen atoms in total. The van der Waals surface area contributed by atoms with Gasteiger partial charge in [0, 0.05) is 0 Å². The zero-order chi connectivity index (χ0) is 7.00. The van der Waals surface area contributed by atoms with E-state index in [1.54, 1.807) is 0 Å². The first-order chi connectivity index (χ1) is 3.25. The Balaban J connectivity index is -0.0000000163. The van der Waals surface area contributed by atoms with Crippen LogP contribution < -0.4 is 0 Å². The minimum atomic E-state index is -5.59.